The smallest absolute Gasteiger partial charge is 0.0545 e. The normalized spacial score (nSPS) is 39.7. The van der Waals surface area contributed by atoms with Gasteiger partial charge >= 0.3 is 0 Å². The molecule has 1 heteroatoms. The molecule has 0 aliphatic heterocycles. The van der Waals surface area contributed by atoms with Crippen LogP contribution in [-0.4, -0.2) is 11.2 Å². The largest absolute Gasteiger partial charge is 0.393 e. The highest BCUT2D eigenvalue weighted by molar-refractivity contribution is 4.96. The van der Waals surface area contributed by atoms with Crippen molar-refractivity contribution in [2.75, 3.05) is 0 Å². The number of aliphatic hydroxyl groups excluding tert-OH is 1. The first kappa shape index (κ1) is 9.51. The van der Waals surface area contributed by atoms with Crippen molar-refractivity contribution in [1.29, 1.82) is 0 Å². The van der Waals surface area contributed by atoms with E-state index in [4.69, 9.17) is 0 Å². The first-order valence-electron chi connectivity index (χ1n) is 5.92. The van der Waals surface area contributed by atoms with Gasteiger partial charge in [0.2, 0.25) is 0 Å². The van der Waals surface area contributed by atoms with Gasteiger partial charge in [-0.15, -0.1) is 0 Å². The van der Waals surface area contributed by atoms with Crippen LogP contribution in [0.15, 0.2) is 0 Å². The fourth-order valence-corrected chi connectivity index (χ4v) is 3.53. The molecule has 2 aliphatic rings. The van der Waals surface area contributed by atoms with Crippen molar-refractivity contribution in [3.05, 3.63) is 0 Å². The van der Waals surface area contributed by atoms with Gasteiger partial charge in [0.1, 0.15) is 0 Å². The number of aliphatic hydroxyl groups is 1. The number of fused-ring (bicyclic) bond motifs is 2. The third-order valence-corrected chi connectivity index (χ3v) is 4.18. The van der Waals surface area contributed by atoms with E-state index in [0.717, 1.165) is 25.2 Å². The average Bonchev–Trinajstić information content (AvgIpc) is 2.63. The summed E-state index contributed by atoms with van der Waals surface area (Å²) in [7, 11) is 0. The van der Waals surface area contributed by atoms with Gasteiger partial charge in [-0.3, -0.25) is 0 Å². The van der Waals surface area contributed by atoms with Gasteiger partial charge in [0.05, 0.1) is 6.10 Å². The summed E-state index contributed by atoms with van der Waals surface area (Å²) in [5, 5.41) is 9.82. The minimum atomic E-state index is -0.0122. The predicted octanol–water partition coefficient (Wildman–Crippen LogP) is 3.12. The minimum Gasteiger partial charge on any atom is -0.393 e. The number of rotatable bonds is 4. The number of hydrogen-bond donors (Lipinski definition) is 1. The maximum Gasteiger partial charge on any atom is 0.0545 e. The Morgan fingerprint density at radius 1 is 1.38 bits per heavy atom. The summed E-state index contributed by atoms with van der Waals surface area (Å²) >= 11 is 0. The lowest BCUT2D eigenvalue weighted by Gasteiger charge is -2.28. The van der Waals surface area contributed by atoms with Crippen LogP contribution in [-0.2, 0) is 0 Å². The summed E-state index contributed by atoms with van der Waals surface area (Å²) in [5.74, 6) is 1.02. The fraction of sp³-hybridized carbons (Fsp3) is 1.00. The molecule has 13 heavy (non-hydrogen) atoms. The third kappa shape index (κ3) is 1.90. The van der Waals surface area contributed by atoms with Crippen molar-refractivity contribution in [3.63, 3.8) is 0 Å². The molecule has 0 aromatic carbocycles. The Kier molecular flexibility index (Phi) is 2.64. The summed E-state index contributed by atoms with van der Waals surface area (Å²) in [5.41, 5.74) is 0.583. The zero-order valence-corrected chi connectivity index (χ0v) is 8.76. The molecule has 2 rings (SSSR count). The summed E-state index contributed by atoms with van der Waals surface area (Å²) in [4.78, 5) is 0. The van der Waals surface area contributed by atoms with Crippen molar-refractivity contribution >= 4 is 0 Å². The summed E-state index contributed by atoms with van der Waals surface area (Å²) in [6.45, 7) is 2.16. The molecule has 1 unspecified atom stereocenters. The first-order chi connectivity index (χ1) is 6.24. The maximum absolute atomic E-state index is 9.82. The van der Waals surface area contributed by atoms with Crippen LogP contribution in [0.2, 0.25) is 0 Å². The van der Waals surface area contributed by atoms with Crippen molar-refractivity contribution in [3.8, 4) is 0 Å². The van der Waals surface area contributed by atoms with E-state index >= 15 is 0 Å². The van der Waals surface area contributed by atoms with Crippen LogP contribution in [0.3, 0.4) is 0 Å². The molecule has 1 N–H and O–H groups in total. The molecule has 0 saturated heterocycles. The lowest BCUT2D eigenvalue weighted by atomic mass is 9.79. The molecule has 2 saturated carbocycles. The molecule has 1 nitrogen and oxygen atoms in total. The molecule has 76 valence electrons. The van der Waals surface area contributed by atoms with Gasteiger partial charge in [-0.05, 0) is 56.3 Å². The Labute approximate surface area is 81.5 Å². The highest BCUT2D eigenvalue weighted by atomic mass is 16.3. The van der Waals surface area contributed by atoms with E-state index in [2.05, 4.69) is 6.92 Å². The monoisotopic (exact) mass is 182 g/mol. The highest BCUT2D eigenvalue weighted by Gasteiger charge is 2.45. The van der Waals surface area contributed by atoms with Crippen molar-refractivity contribution in [1.82, 2.24) is 0 Å². The molecular formula is C12H22O. The van der Waals surface area contributed by atoms with Gasteiger partial charge in [0.25, 0.3) is 0 Å². The molecule has 2 fully saturated rings. The number of hydrogen-bond acceptors (Lipinski definition) is 1. The van der Waals surface area contributed by atoms with E-state index in [1.807, 2.05) is 0 Å². The average molecular weight is 182 g/mol. The van der Waals surface area contributed by atoms with Crippen molar-refractivity contribution < 1.29 is 5.11 Å². The van der Waals surface area contributed by atoms with Crippen LogP contribution >= 0.6 is 0 Å². The fourth-order valence-electron chi connectivity index (χ4n) is 3.53. The topological polar surface area (TPSA) is 20.2 Å². The van der Waals surface area contributed by atoms with Crippen LogP contribution in [0.5, 0.6) is 0 Å². The Hall–Kier alpha value is -0.0400. The van der Waals surface area contributed by atoms with Gasteiger partial charge in [0.15, 0.2) is 0 Å². The molecule has 0 spiro atoms. The molecular weight excluding hydrogens is 160 g/mol. The van der Waals surface area contributed by atoms with Crippen molar-refractivity contribution in [2.24, 2.45) is 11.3 Å². The molecule has 0 amide bonds. The lowest BCUT2D eigenvalue weighted by Crippen LogP contribution is -2.22. The molecule has 0 heterocycles. The van der Waals surface area contributed by atoms with Crippen LogP contribution in [0, 0.1) is 11.3 Å². The summed E-state index contributed by atoms with van der Waals surface area (Å²) in [6, 6.07) is 0. The van der Waals surface area contributed by atoms with E-state index in [1.165, 1.54) is 32.1 Å². The Morgan fingerprint density at radius 3 is 2.54 bits per heavy atom. The summed E-state index contributed by atoms with van der Waals surface area (Å²) < 4.78 is 0. The van der Waals surface area contributed by atoms with E-state index < -0.39 is 0 Å². The summed E-state index contributed by atoms with van der Waals surface area (Å²) in [6.07, 6.45) is 10.3. The Bertz CT molecular complexity index is 168. The molecule has 0 radical (unpaired) electrons. The second-order valence-corrected chi connectivity index (χ2v) is 5.29. The van der Waals surface area contributed by atoms with Crippen LogP contribution in [0.4, 0.5) is 0 Å². The van der Waals surface area contributed by atoms with E-state index in [1.54, 1.807) is 0 Å². The van der Waals surface area contributed by atoms with Crippen molar-refractivity contribution in [2.45, 2.75) is 64.4 Å². The standard InChI is InChI=1S/C12H22O/c1-2-3-11(13)9-12-6-4-10(8-12)5-7-12/h10-11,13H,2-9H2,1H3. The SMILES string of the molecule is CCCC(O)CC12CCC(CC1)C2. The molecule has 0 aromatic rings. The minimum absolute atomic E-state index is 0.0122. The van der Waals surface area contributed by atoms with E-state index in [0.29, 0.717) is 5.41 Å². The molecule has 2 aliphatic carbocycles. The molecule has 1 atom stereocenters. The quantitative estimate of drug-likeness (QED) is 0.708. The van der Waals surface area contributed by atoms with Gasteiger partial charge in [-0.1, -0.05) is 13.3 Å². The highest BCUT2D eigenvalue weighted by Crippen LogP contribution is 2.56. The third-order valence-electron chi connectivity index (χ3n) is 4.18. The van der Waals surface area contributed by atoms with Gasteiger partial charge in [-0.2, -0.15) is 0 Å². The Morgan fingerprint density at radius 2 is 2.08 bits per heavy atom. The zero-order chi connectivity index (χ0) is 9.31. The lowest BCUT2D eigenvalue weighted by molar-refractivity contribution is 0.0926. The second-order valence-electron chi connectivity index (χ2n) is 5.29. The predicted molar refractivity (Wildman–Crippen MR) is 54.5 cm³/mol. The van der Waals surface area contributed by atoms with Gasteiger partial charge in [0, 0.05) is 0 Å². The van der Waals surface area contributed by atoms with Crippen LogP contribution < -0.4 is 0 Å². The maximum atomic E-state index is 9.82. The van der Waals surface area contributed by atoms with E-state index in [-0.39, 0.29) is 6.10 Å². The van der Waals surface area contributed by atoms with E-state index in [9.17, 15) is 5.11 Å². The second kappa shape index (κ2) is 3.61. The van der Waals surface area contributed by atoms with Crippen LogP contribution in [0.1, 0.15) is 58.3 Å². The zero-order valence-electron chi connectivity index (χ0n) is 8.76. The van der Waals surface area contributed by atoms with Crippen LogP contribution in [0.25, 0.3) is 0 Å². The molecule has 2 bridgehead atoms. The molecule has 0 aromatic heterocycles. The Balaban J connectivity index is 1.86. The van der Waals surface area contributed by atoms with Gasteiger partial charge < -0.3 is 5.11 Å². The first-order valence-corrected chi connectivity index (χ1v) is 5.92. The van der Waals surface area contributed by atoms with Gasteiger partial charge in [-0.25, -0.2) is 0 Å².